The van der Waals surface area contributed by atoms with Gasteiger partial charge in [-0.15, -0.1) is 10.2 Å². The van der Waals surface area contributed by atoms with Crippen LogP contribution in [0.2, 0.25) is 0 Å². The molecule has 0 aromatic carbocycles. The Morgan fingerprint density at radius 3 is 2.64 bits per heavy atom. The van der Waals surface area contributed by atoms with E-state index in [1.165, 1.54) is 9.30 Å². The number of alkyl halides is 3. The molecule has 1 atom stereocenters. The molecule has 9 nitrogen and oxygen atoms in total. The molecule has 0 bridgehead atoms. The number of carbonyl (C=O) groups is 1. The average molecular weight is 456 g/mol. The number of hydrogen-bond acceptors (Lipinski definition) is 6. The predicted octanol–water partition coefficient (Wildman–Crippen LogP) is 3.67. The van der Waals surface area contributed by atoms with Crippen LogP contribution in [0.15, 0.2) is 42.7 Å². The SMILES string of the molecule is CN1C(=O)C[C@H](CC(F)(F)F)c2nnc3cc(-c4ccnc(Nc5ccnn5C)c4)cc1n23. The number of hydrogen-bond donors (Lipinski definition) is 1. The molecule has 1 amide bonds. The normalized spacial score (nSPS) is 16.3. The number of aromatic nitrogens is 6. The summed E-state index contributed by atoms with van der Waals surface area (Å²) in [6, 6.07) is 8.92. The molecule has 0 unspecified atom stereocenters. The molecule has 4 aromatic heterocycles. The molecule has 33 heavy (non-hydrogen) atoms. The van der Waals surface area contributed by atoms with Crippen molar-refractivity contribution in [2.24, 2.45) is 7.05 Å². The molecule has 0 saturated heterocycles. The number of nitrogens with zero attached hydrogens (tertiary/aromatic N) is 7. The first-order valence-corrected chi connectivity index (χ1v) is 10.1. The van der Waals surface area contributed by atoms with Gasteiger partial charge in [0.2, 0.25) is 5.91 Å². The second kappa shape index (κ2) is 7.57. The van der Waals surface area contributed by atoms with Gasteiger partial charge in [-0.2, -0.15) is 18.3 Å². The zero-order valence-electron chi connectivity index (χ0n) is 17.7. The van der Waals surface area contributed by atoms with Gasteiger partial charge in [-0.3, -0.25) is 13.9 Å². The minimum atomic E-state index is -4.42. The third kappa shape index (κ3) is 3.88. The van der Waals surface area contributed by atoms with Crippen LogP contribution < -0.4 is 10.2 Å². The first-order valence-electron chi connectivity index (χ1n) is 10.1. The molecule has 0 aliphatic carbocycles. The molecule has 0 saturated carbocycles. The monoisotopic (exact) mass is 456 g/mol. The van der Waals surface area contributed by atoms with Crippen LogP contribution in [-0.2, 0) is 11.8 Å². The summed E-state index contributed by atoms with van der Waals surface area (Å²) in [6.45, 7) is 0. The van der Waals surface area contributed by atoms with Gasteiger partial charge < -0.3 is 10.2 Å². The first kappa shape index (κ1) is 20.9. The van der Waals surface area contributed by atoms with E-state index >= 15 is 0 Å². The maximum Gasteiger partial charge on any atom is 0.389 e. The molecule has 4 aromatic rings. The van der Waals surface area contributed by atoms with E-state index in [9.17, 15) is 18.0 Å². The van der Waals surface area contributed by atoms with Crippen molar-refractivity contribution in [2.45, 2.75) is 24.9 Å². The van der Waals surface area contributed by atoms with Crippen molar-refractivity contribution in [1.29, 1.82) is 0 Å². The zero-order chi connectivity index (χ0) is 23.3. The van der Waals surface area contributed by atoms with Crippen molar-refractivity contribution in [3.8, 4) is 11.1 Å². The zero-order valence-corrected chi connectivity index (χ0v) is 17.7. The molecule has 5 heterocycles. The largest absolute Gasteiger partial charge is 0.389 e. The Balaban J connectivity index is 1.58. The van der Waals surface area contributed by atoms with E-state index in [4.69, 9.17) is 0 Å². The van der Waals surface area contributed by atoms with Gasteiger partial charge in [0, 0.05) is 38.7 Å². The summed E-state index contributed by atoms with van der Waals surface area (Å²) in [5.74, 6) is 0.368. The summed E-state index contributed by atoms with van der Waals surface area (Å²) in [6.07, 6.45) is -2.56. The Kier molecular flexibility index (Phi) is 4.80. The molecule has 0 fully saturated rings. The van der Waals surface area contributed by atoms with E-state index in [0.29, 0.717) is 17.3 Å². The summed E-state index contributed by atoms with van der Waals surface area (Å²) in [4.78, 5) is 18.4. The molecular weight excluding hydrogens is 437 g/mol. The highest BCUT2D eigenvalue weighted by molar-refractivity contribution is 5.94. The molecule has 12 heteroatoms. The quantitative estimate of drug-likeness (QED) is 0.504. The molecular formula is C21H19F3N8O. The van der Waals surface area contributed by atoms with Crippen LogP contribution >= 0.6 is 0 Å². The van der Waals surface area contributed by atoms with Crippen molar-refractivity contribution in [1.82, 2.24) is 29.4 Å². The maximum atomic E-state index is 13.1. The lowest BCUT2D eigenvalue weighted by Crippen LogP contribution is -2.27. The fourth-order valence-electron chi connectivity index (χ4n) is 4.02. The molecule has 170 valence electrons. The van der Waals surface area contributed by atoms with Crippen LogP contribution in [-0.4, -0.2) is 48.5 Å². The van der Waals surface area contributed by atoms with Crippen LogP contribution in [0.1, 0.15) is 24.6 Å². The molecule has 5 rings (SSSR count). The lowest BCUT2D eigenvalue weighted by atomic mass is 10.00. The molecule has 1 N–H and O–H groups in total. The van der Waals surface area contributed by atoms with E-state index < -0.39 is 24.4 Å². The second-order valence-electron chi connectivity index (χ2n) is 7.92. The van der Waals surface area contributed by atoms with Crippen LogP contribution in [0.3, 0.4) is 0 Å². The average Bonchev–Trinajstić information content (AvgIpc) is 3.35. The number of aryl methyl sites for hydroxylation is 1. The number of halogens is 3. The van der Waals surface area contributed by atoms with Crippen LogP contribution in [0.4, 0.5) is 30.6 Å². The van der Waals surface area contributed by atoms with Gasteiger partial charge in [0.25, 0.3) is 0 Å². The van der Waals surface area contributed by atoms with E-state index in [2.05, 4.69) is 25.6 Å². The summed E-state index contributed by atoms with van der Waals surface area (Å²) in [7, 11) is 3.35. The molecule has 1 aliphatic rings. The molecule has 0 spiro atoms. The number of anilines is 3. The number of amides is 1. The minimum absolute atomic E-state index is 0.134. The van der Waals surface area contributed by atoms with Gasteiger partial charge in [-0.1, -0.05) is 0 Å². The van der Waals surface area contributed by atoms with E-state index in [0.717, 1.165) is 16.9 Å². The van der Waals surface area contributed by atoms with Crippen molar-refractivity contribution >= 4 is 29.0 Å². The van der Waals surface area contributed by atoms with Crippen molar-refractivity contribution in [2.75, 3.05) is 17.3 Å². The van der Waals surface area contributed by atoms with Gasteiger partial charge in [-0.25, -0.2) is 4.98 Å². The fraction of sp³-hybridized carbons (Fsp3) is 0.286. The molecule has 0 radical (unpaired) electrons. The van der Waals surface area contributed by atoms with E-state index in [-0.39, 0.29) is 12.2 Å². The Morgan fingerprint density at radius 2 is 1.91 bits per heavy atom. The summed E-state index contributed by atoms with van der Waals surface area (Å²) in [5, 5.41) is 15.4. The maximum absolute atomic E-state index is 13.1. The summed E-state index contributed by atoms with van der Waals surface area (Å²) in [5.41, 5.74) is 1.87. The predicted molar refractivity (Wildman–Crippen MR) is 114 cm³/mol. The smallest absolute Gasteiger partial charge is 0.325 e. The third-order valence-corrected chi connectivity index (χ3v) is 5.66. The first-order chi connectivity index (χ1) is 15.7. The Labute approximate surface area is 185 Å². The third-order valence-electron chi connectivity index (χ3n) is 5.66. The van der Waals surface area contributed by atoms with Crippen molar-refractivity contribution < 1.29 is 18.0 Å². The van der Waals surface area contributed by atoms with Gasteiger partial charge in [0.15, 0.2) is 5.65 Å². The highest BCUT2D eigenvalue weighted by Gasteiger charge is 2.38. The van der Waals surface area contributed by atoms with Crippen LogP contribution in [0.5, 0.6) is 0 Å². The minimum Gasteiger partial charge on any atom is -0.325 e. The summed E-state index contributed by atoms with van der Waals surface area (Å²) < 4.78 is 42.6. The lowest BCUT2D eigenvalue weighted by molar-refractivity contribution is -0.140. The Bertz CT molecular complexity index is 1360. The lowest BCUT2D eigenvalue weighted by Gasteiger charge is -2.18. The number of pyridine rings is 2. The van der Waals surface area contributed by atoms with Gasteiger partial charge in [0.1, 0.15) is 23.3 Å². The standard InChI is InChI=1S/C21H19F3N8O/c1-30-18-9-13(12-3-5-25-15(7-12)27-16-4-6-26-31(16)2)8-17-28-29-20(32(17)18)14(10-19(30)33)11-21(22,23)24/h3-9,14H,10-11H2,1-2H3,(H,25,27)/t14-/m1/s1. The van der Waals surface area contributed by atoms with Crippen molar-refractivity contribution in [3.63, 3.8) is 0 Å². The van der Waals surface area contributed by atoms with Crippen molar-refractivity contribution in [3.05, 3.63) is 48.5 Å². The number of carbonyl (C=O) groups excluding carboxylic acids is 1. The van der Waals surface area contributed by atoms with Gasteiger partial charge in [-0.05, 0) is 35.4 Å². The van der Waals surface area contributed by atoms with Crippen LogP contribution in [0.25, 0.3) is 16.8 Å². The fourth-order valence-corrected chi connectivity index (χ4v) is 4.02. The van der Waals surface area contributed by atoms with Gasteiger partial charge >= 0.3 is 6.18 Å². The van der Waals surface area contributed by atoms with Gasteiger partial charge in [0.05, 0.1) is 12.6 Å². The Morgan fingerprint density at radius 1 is 1.09 bits per heavy atom. The Hall–Kier alpha value is -3.96. The summed E-state index contributed by atoms with van der Waals surface area (Å²) >= 11 is 0. The van der Waals surface area contributed by atoms with E-state index in [1.807, 2.05) is 12.1 Å². The van der Waals surface area contributed by atoms with Crippen LogP contribution in [0, 0.1) is 0 Å². The highest BCUT2D eigenvalue weighted by atomic mass is 19.4. The second-order valence-corrected chi connectivity index (χ2v) is 7.92. The molecule has 1 aliphatic heterocycles. The van der Waals surface area contributed by atoms with E-state index in [1.54, 1.807) is 49.4 Å². The number of nitrogens with one attached hydrogen (secondary N) is 1. The number of rotatable bonds is 4. The highest BCUT2D eigenvalue weighted by Crippen LogP contribution is 2.38. The topological polar surface area (TPSA) is 93.2 Å².